The fraction of sp³-hybridized carbons (Fsp3) is 1.00. The highest BCUT2D eigenvalue weighted by atomic mass is 32.2. The fourth-order valence-electron chi connectivity index (χ4n) is 2.89. The molecule has 0 radical (unpaired) electrons. The van der Waals surface area contributed by atoms with E-state index in [1.165, 1.54) is 0 Å². The van der Waals surface area contributed by atoms with Gasteiger partial charge in [0.25, 0.3) is 0 Å². The lowest BCUT2D eigenvalue weighted by molar-refractivity contribution is 0.0552. The van der Waals surface area contributed by atoms with E-state index in [2.05, 4.69) is 37.9 Å². The summed E-state index contributed by atoms with van der Waals surface area (Å²) in [5, 5.41) is 3.61. The monoisotopic (exact) mass is 304 g/mol. The zero-order valence-corrected chi connectivity index (χ0v) is 14.6. The summed E-state index contributed by atoms with van der Waals surface area (Å²) < 4.78 is 23.2. The summed E-state index contributed by atoms with van der Waals surface area (Å²) in [5.41, 5.74) is 0.218. The Morgan fingerprint density at radius 1 is 1.25 bits per heavy atom. The molecule has 4 nitrogen and oxygen atoms in total. The lowest BCUT2D eigenvalue weighted by Gasteiger charge is -2.46. The minimum Gasteiger partial charge on any atom is -0.311 e. The van der Waals surface area contributed by atoms with Crippen LogP contribution in [0.3, 0.4) is 0 Å². The summed E-state index contributed by atoms with van der Waals surface area (Å²) in [6, 6.07) is 1.02. The van der Waals surface area contributed by atoms with Crippen molar-refractivity contribution in [2.24, 2.45) is 5.41 Å². The second-order valence-corrected chi connectivity index (χ2v) is 9.45. The number of hydrogen-bond acceptors (Lipinski definition) is 4. The predicted molar refractivity (Wildman–Crippen MR) is 85.8 cm³/mol. The van der Waals surface area contributed by atoms with Gasteiger partial charge in [-0.1, -0.05) is 34.6 Å². The fourth-order valence-corrected chi connectivity index (χ4v) is 3.75. The van der Waals surface area contributed by atoms with Crippen LogP contribution in [0.2, 0.25) is 0 Å². The number of hydrogen-bond donors (Lipinski definition) is 1. The Morgan fingerprint density at radius 3 is 2.40 bits per heavy atom. The molecule has 120 valence electrons. The van der Waals surface area contributed by atoms with Crippen LogP contribution in [0.1, 0.15) is 47.5 Å². The van der Waals surface area contributed by atoms with Crippen LogP contribution < -0.4 is 5.32 Å². The SMILES string of the molecule is CCC1CN(CCCS(=O)(=O)CC)C(C(C)(C)C)CN1. The molecule has 20 heavy (non-hydrogen) atoms. The summed E-state index contributed by atoms with van der Waals surface area (Å²) >= 11 is 0. The van der Waals surface area contributed by atoms with Crippen LogP contribution in [0.15, 0.2) is 0 Å². The molecule has 5 heteroatoms. The third-order valence-electron chi connectivity index (χ3n) is 4.33. The van der Waals surface area contributed by atoms with Gasteiger partial charge in [-0.2, -0.15) is 0 Å². The van der Waals surface area contributed by atoms with Crippen molar-refractivity contribution in [3.63, 3.8) is 0 Å². The normalized spacial score (nSPS) is 25.9. The molecule has 2 unspecified atom stereocenters. The average Bonchev–Trinajstić information content (AvgIpc) is 2.37. The molecule has 1 aliphatic rings. The maximum atomic E-state index is 11.6. The highest BCUT2D eigenvalue weighted by Gasteiger charge is 2.34. The molecule has 0 spiro atoms. The Kier molecular flexibility index (Phi) is 6.48. The number of sulfone groups is 1. The van der Waals surface area contributed by atoms with E-state index in [4.69, 9.17) is 0 Å². The van der Waals surface area contributed by atoms with Crippen molar-refractivity contribution in [3.8, 4) is 0 Å². The van der Waals surface area contributed by atoms with E-state index < -0.39 is 9.84 Å². The maximum Gasteiger partial charge on any atom is 0.150 e. The van der Waals surface area contributed by atoms with E-state index in [1.54, 1.807) is 6.92 Å². The zero-order valence-electron chi connectivity index (χ0n) is 13.8. The average molecular weight is 305 g/mol. The molecule has 0 aliphatic carbocycles. The number of nitrogens with one attached hydrogen (secondary N) is 1. The van der Waals surface area contributed by atoms with Crippen LogP contribution in [-0.2, 0) is 9.84 Å². The summed E-state index contributed by atoms with van der Waals surface area (Å²) in [5.74, 6) is 0.579. The van der Waals surface area contributed by atoms with Gasteiger partial charge >= 0.3 is 0 Å². The van der Waals surface area contributed by atoms with Gasteiger partial charge in [-0.15, -0.1) is 0 Å². The molecule has 0 saturated carbocycles. The lowest BCUT2D eigenvalue weighted by Crippen LogP contribution is -2.60. The van der Waals surface area contributed by atoms with E-state index >= 15 is 0 Å². The molecule has 1 heterocycles. The van der Waals surface area contributed by atoms with Gasteiger partial charge in [0.1, 0.15) is 9.84 Å². The minimum atomic E-state index is -2.83. The highest BCUT2D eigenvalue weighted by molar-refractivity contribution is 7.91. The highest BCUT2D eigenvalue weighted by Crippen LogP contribution is 2.27. The quantitative estimate of drug-likeness (QED) is 0.814. The first-order valence-electron chi connectivity index (χ1n) is 7.87. The van der Waals surface area contributed by atoms with E-state index in [-0.39, 0.29) is 11.2 Å². The van der Waals surface area contributed by atoms with Crippen LogP contribution in [-0.4, -0.2) is 56.5 Å². The van der Waals surface area contributed by atoms with Gasteiger partial charge in [0, 0.05) is 30.9 Å². The van der Waals surface area contributed by atoms with Crippen molar-refractivity contribution in [1.82, 2.24) is 10.2 Å². The Bertz CT molecular complexity index is 387. The van der Waals surface area contributed by atoms with Gasteiger partial charge in [0.2, 0.25) is 0 Å². The number of piperazine rings is 1. The second-order valence-electron chi connectivity index (χ2n) is 6.98. The molecular weight excluding hydrogens is 272 g/mol. The molecule has 1 N–H and O–H groups in total. The first-order valence-corrected chi connectivity index (χ1v) is 9.69. The minimum absolute atomic E-state index is 0.218. The van der Waals surface area contributed by atoms with Crippen molar-refractivity contribution in [1.29, 1.82) is 0 Å². The van der Waals surface area contributed by atoms with Gasteiger partial charge in [-0.3, -0.25) is 4.90 Å². The lowest BCUT2D eigenvalue weighted by atomic mass is 9.83. The molecular formula is C15H32N2O2S. The molecule has 1 aliphatic heterocycles. The molecule has 0 amide bonds. The summed E-state index contributed by atoms with van der Waals surface area (Å²) in [6.07, 6.45) is 1.87. The third-order valence-corrected chi connectivity index (χ3v) is 6.12. The Labute approximate surface area is 125 Å². The smallest absolute Gasteiger partial charge is 0.150 e. The summed E-state index contributed by atoms with van der Waals surface area (Å²) in [6.45, 7) is 13.6. The van der Waals surface area contributed by atoms with Gasteiger partial charge < -0.3 is 5.32 Å². The van der Waals surface area contributed by atoms with Gasteiger partial charge in [-0.05, 0) is 24.8 Å². The molecule has 1 fully saturated rings. The van der Waals surface area contributed by atoms with E-state index in [0.717, 1.165) is 32.5 Å². The van der Waals surface area contributed by atoms with E-state index in [0.29, 0.717) is 17.8 Å². The summed E-state index contributed by atoms with van der Waals surface area (Å²) in [4.78, 5) is 2.50. The van der Waals surface area contributed by atoms with Gasteiger partial charge in [0.15, 0.2) is 0 Å². The van der Waals surface area contributed by atoms with Crippen molar-refractivity contribution in [2.75, 3.05) is 31.1 Å². The Morgan fingerprint density at radius 2 is 1.90 bits per heavy atom. The summed E-state index contributed by atoms with van der Waals surface area (Å²) in [7, 11) is -2.83. The third kappa shape index (κ3) is 5.34. The van der Waals surface area contributed by atoms with Crippen molar-refractivity contribution in [2.45, 2.75) is 59.5 Å². The standard InChI is InChI=1S/C15H32N2O2S/c1-6-13-12-17(9-8-10-20(18,19)7-2)14(11-16-13)15(3,4)5/h13-14,16H,6-12H2,1-5H3. The largest absolute Gasteiger partial charge is 0.311 e. The maximum absolute atomic E-state index is 11.6. The van der Waals surface area contributed by atoms with Crippen LogP contribution >= 0.6 is 0 Å². The Hall–Kier alpha value is -0.130. The zero-order chi connectivity index (χ0) is 15.4. The topological polar surface area (TPSA) is 49.4 Å². The molecule has 0 aromatic rings. The first kappa shape index (κ1) is 17.9. The molecule has 0 aromatic heterocycles. The predicted octanol–water partition coefficient (Wildman–Crippen LogP) is 1.91. The molecule has 1 saturated heterocycles. The van der Waals surface area contributed by atoms with Gasteiger partial charge in [-0.25, -0.2) is 8.42 Å². The molecule has 0 aromatic carbocycles. The van der Waals surface area contributed by atoms with Crippen molar-refractivity contribution < 1.29 is 8.42 Å². The van der Waals surface area contributed by atoms with Crippen LogP contribution in [0, 0.1) is 5.41 Å². The van der Waals surface area contributed by atoms with E-state index in [9.17, 15) is 8.42 Å². The Balaban J connectivity index is 2.61. The van der Waals surface area contributed by atoms with Gasteiger partial charge in [0.05, 0.1) is 5.75 Å². The van der Waals surface area contributed by atoms with E-state index in [1.807, 2.05) is 0 Å². The van der Waals surface area contributed by atoms with Crippen molar-refractivity contribution in [3.05, 3.63) is 0 Å². The molecule has 0 bridgehead atoms. The van der Waals surface area contributed by atoms with Crippen LogP contribution in [0.4, 0.5) is 0 Å². The molecule has 1 rings (SSSR count). The van der Waals surface area contributed by atoms with Crippen LogP contribution in [0.25, 0.3) is 0 Å². The number of rotatable bonds is 6. The van der Waals surface area contributed by atoms with Crippen molar-refractivity contribution >= 4 is 9.84 Å². The number of nitrogens with zero attached hydrogens (tertiary/aromatic N) is 1. The second kappa shape index (κ2) is 7.23. The molecule has 2 atom stereocenters. The first-order chi connectivity index (χ1) is 9.19. The van der Waals surface area contributed by atoms with Crippen LogP contribution in [0.5, 0.6) is 0 Å².